The van der Waals surface area contributed by atoms with E-state index < -0.39 is 15.0 Å². The molecule has 0 saturated heterocycles. The Morgan fingerprint density at radius 3 is 2.54 bits per heavy atom. The summed E-state index contributed by atoms with van der Waals surface area (Å²) in [5.41, 5.74) is 0. The minimum Gasteiger partial charge on any atom is -0.495 e. The van der Waals surface area contributed by atoms with Crippen molar-refractivity contribution in [2.24, 2.45) is 0 Å². The van der Waals surface area contributed by atoms with Crippen molar-refractivity contribution >= 4 is 21.4 Å². The number of hydrogen-bond donors (Lipinski definition) is 0. The Morgan fingerprint density at radius 2 is 2.00 bits per heavy atom. The molecule has 0 N–H and O–H groups in total. The van der Waals surface area contributed by atoms with Gasteiger partial charge in [0.1, 0.15) is 15.9 Å². The van der Waals surface area contributed by atoms with Crippen LogP contribution >= 0.6 is 11.6 Å². The topological polar surface area (TPSA) is 43.4 Å². The number of rotatable bonds is 3. The van der Waals surface area contributed by atoms with Gasteiger partial charge in [0.25, 0.3) is 0 Å². The first kappa shape index (κ1) is 10.3. The Hall–Kier alpha value is -0.740. The molecule has 0 saturated carbocycles. The van der Waals surface area contributed by atoms with Gasteiger partial charge < -0.3 is 4.74 Å². The van der Waals surface area contributed by atoms with Crippen LogP contribution < -0.4 is 4.74 Å². The van der Waals surface area contributed by atoms with Gasteiger partial charge in [-0.2, -0.15) is 0 Å². The van der Waals surface area contributed by atoms with Gasteiger partial charge >= 0.3 is 0 Å². The van der Waals surface area contributed by atoms with Crippen molar-refractivity contribution in [3.63, 3.8) is 0 Å². The van der Waals surface area contributed by atoms with E-state index in [4.69, 9.17) is 16.3 Å². The molecule has 0 atom stereocenters. The summed E-state index contributed by atoms with van der Waals surface area (Å²) in [6.07, 6.45) is 0. The maximum atomic E-state index is 11.4. The van der Waals surface area contributed by atoms with Gasteiger partial charge in [-0.15, -0.1) is 11.6 Å². The number of hydrogen-bond acceptors (Lipinski definition) is 3. The molecule has 0 aliphatic carbocycles. The van der Waals surface area contributed by atoms with Crippen molar-refractivity contribution in [1.82, 2.24) is 0 Å². The molecule has 0 amide bonds. The van der Waals surface area contributed by atoms with E-state index in [1.807, 2.05) is 0 Å². The highest BCUT2D eigenvalue weighted by Gasteiger charge is 2.16. The zero-order chi connectivity index (χ0) is 9.90. The summed E-state index contributed by atoms with van der Waals surface area (Å²) in [6.45, 7) is 0. The predicted octanol–water partition coefficient (Wildman–Crippen LogP) is 1.67. The lowest BCUT2D eigenvalue weighted by Crippen LogP contribution is -2.03. The fourth-order valence-electron chi connectivity index (χ4n) is 0.935. The SMILES string of the molecule is COc1ccccc1S(=O)(=O)CCl. The van der Waals surface area contributed by atoms with Gasteiger partial charge in [-0.05, 0) is 12.1 Å². The maximum absolute atomic E-state index is 11.4. The molecule has 0 aromatic heterocycles. The maximum Gasteiger partial charge on any atom is 0.195 e. The smallest absolute Gasteiger partial charge is 0.195 e. The number of halogens is 1. The summed E-state index contributed by atoms with van der Waals surface area (Å²) in [7, 11) is -1.98. The second-order valence-corrected chi connectivity index (χ2v) is 4.92. The highest BCUT2D eigenvalue weighted by Crippen LogP contribution is 2.24. The highest BCUT2D eigenvalue weighted by atomic mass is 35.5. The fourth-order valence-corrected chi connectivity index (χ4v) is 2.15. The number of ether oxygens (including phenoxy) is 1. The van der Waals surface area contributed by atoms with Crippen LogP contribution in [0.15, 0.2) is 29.2 Å². The molecule has 5 heteroatoms. The molecular formula is C8H9ClO3S. The largest absolute Gasteiger partial charge is 0.495 e. The molecule has 0 heterocycles. The van der Waals surface area contributed by atoms with Crippen LogP contribution in [0.5, 0.6) is 5.75 Å². The summed E-state index contributed by atoms with van der Waals surface area (Å²) >= 11 is 5.31. The van der Waals surface area contributed by atoms with Crippen molar-refractivity contribution in [3.05, 3.63) is 24.3 Å². The molecule has 1 aromatic carbocycles. The molecule has 72 valence electrons. The Bertz CT molecular complexity index is 386. The third-order valence-electron chi connectivity index (χ3n) is 1.55. The zero-order valence-electron chi connectivity index (χ0n) is 7.03. The van der Waals surface area contributed by atoms with E-state index >= 15 is 0 Å². The van der Waals surface area contributed by atoms with E-state index in [0.717, 1.165) is 0 Å². The van der Waals surface area contributed by atoms with E-state index in [9.17, 15) is 8.42 Å². The van der Waals surface area contributed by atoms with Gasteiger partial charge in [-0.1, -0.05) is 12.1 Å². The summed E-state index contributed by atoms with van der Waals surface area (Å²) in [4.78, 5) is 0.132. The average Bonchev–Trinajstić information content (AvgIpc) is 2.18. The van der Waals surface area contributed by atoms with Gasteiger partial charge in [0.05, 0.1) is 7.11 Å². The van der Waals surface area contributed by atoms with Crippen molar-refractivity contribution in [2.45, 2.75) is 4.90 Å². The monoisotopic (exact) mass is 220 g/mol. The van der Waals surface area contributed by atoms with Crippen LogP contribution in [-0.4, -0.2) is 20.7 Å². The van der Waals surface area contributed by atoms with E-state index in [2.05, 4.69) is 0 Å². The van der Waals surface area contributed by atoms with Gasteiger partial charge in [0.15, 0.2) is 9.84 Å². The third-order valence-corrected chi connectivity index (χ3v) is 3.70. The van der Waals surface area contributed by atoms with Crippen LogP contribution in [0.2, 0.25) is 0 Å². The molecule has 0 radical (unpaired) electrons. The highest BCUT2D eigenvalue weighted by molar-refractivity contribution is 7.92. The Morgan fingerprint density at radius 1 is 1.38 bits per heavy atom. The lowest BCUT2D eigenvalue weighted by atomic mass is 10.3. The molecule has 0 bridgehead atoms. The molecular weight excluding hydrogens is 212 g/mol. The van der Waals surface area contributed by atoms with Crippen LogP contribution in [0.3, 0.4) is 0 Å². The summed E-state index contributed by atoms with van der Waals surface area (Å²) in [5.74, 6) is 0.322. The van der Waals surface area contributed by atoms with Crippen molar-refractivity contribution in [3.8, 4) is 5.75 Å². The molecule has 0 spiro atoms. The first-order valence-corrected chi connectivity index (χ1v) is 5.72. The number of benzene rings is 1. The van der Waals surface area contributed by atoms with Gasteiger partial charge in [0.2, 0.25) is 0 Å². The molecule has 0 fully saturated rings. The van der Waals surface area contributed by atoms with Gasteiger partial charge in [0, 0.05) is 0 Å². The van der Waals surface area contributed by atoms with E-state index in [0.29, 0.717) is 5.75 Å². The quantitative estimate of drug-likeness (QED) is 0.728. The van der Waals surface area contributed by atoms with E-state index in [-0.39, 0.29) is 4.90 Å². The normalized spacial score (nSPS) is 11.2. The molecule has 1 rings (SSSR count). The van der Waals surface area contributed by atoms with Crippen LogP contribution in [0.1, 0.15) is 0 Å². The average molecular weight is 221 g/mol. The number of methoxy groups -OCH3 is 1. The van der Waals surface area contributed by atoms with Crippen LogP contribution in [0, 0.1) is 0 Å². The van der Waals surface area contributed by atoms with Crippen molar-refractivity contribution < 1.29 is 13.2 Å². The zero-order valence-corrected chi connectivity index (χ0v) is 8.60. The molecule has 13 heavy (non-hydrogen) atoms. The summed E-state index contributed by atoms with van der Waals surface area (Å²) < 4.78 is 27.6. The number of sulfone groups is 1. The Balaban J connectivity index is 3.29. The second-order valence-electron chi connectivity index (χ2n) is 2.37. The number of alkyl halides is 1. The van der Waals surface area contributed by atoms with E-state index in [1.54, 1.807) is 18.2 Å². The second kappa shape index (κ2) is 3.98. The van der Waals surface area contributed by atoms with Crippen LogP contribution in [0.25, 0.3) is 0 Å². The van der Waals surface area contributed by atoms with Crippen LogP contribution in [0.4, 0.5) is 0 Å². The van der Waals surface area contributed by atoms with Crippen LogP contribution in [-0.2, 0) is 9.84 Å². The van der Waals surface area contributed by atoms with E-state index in [1.165, 1.54) is 13.2 Å². The molecule has 3 nitrogen and oxygen atoms in total. The molecule has 0 unspecified atom stereocenters. The summed E-state index contributed by atoms with van der Waals surface area (Å²) in [5, 5.41) is -0.437. The molecule has 0 aliphatic heterocycles. The fraction of sp³-hybridized carbons (Fsp3) is 0.250. The first-order valence-electron chi connectivity index (χ1n) is 3.53. The number of para-hydroxylation sites is 1. The van der Waals surface area contributed by atoms with Gasteiger partial charge in [-0.3, -0.25) is 0 Å². The Kier molecular flexibility index (Phi) is 3.17. The lowest BCUT2D eigenvalue weighted by molar-refractivity contribution is 0.403. The lowest BCUT2D eigenvalue weighted by Gasteiger charge is -2.06. The standard InChI is InChI=1S/C8H9ClO3S/c1-12-7-4-2-3-5-8(7)13(10,11)6-9/h2-5H,6H2,1H3. The summed E-state index contributed by atoms with van der Waals surface area (Å²) in [6, 6.07) is 6.38. The van der Waals surface area contributed by atoms with Crippen molar-refractivity contribution in [1.29, 1.82) is 0 Å². The molecule has 1 aromatic rings. The minimum atomic E-state index is -3.40. The first-order chi connectivity index (χ1) is 6.11. The Labute approximate surface area is 82.2 Å². The van der Waals surface area contributed by atoms with Gasteiger partial charge in [-0.25, -0.2) is 8.42 Å². The third kappa shape index (κ3) is 2.14. The van der Waals surface area contributed by atoms with Crippen molar-refractivity contribution in [2.75, 3.05) is 12.3 Å². The molecule has 0 aliphatic rings. The minimum absolute atomic E-state index is 0.132. The predicted molar refractivity (Wildman–Crippen MR) is 50.9 cm³/mol.